The van der Waals surface area contributed by atoms with Gasteiger partial charge in [0.2, 0.25) is 0 Å². The molecule has 0 aliphatic rings. The predicted molar refractivity (Wildman–Crippen MR) is 231 cm³/mol. The minimum absolute atomic E-state index is 0.0688. The number of allylic oxidation sites excluding steroid dienone is 7. The number of esters is 2. The van der Waals surface area contributed by atoms with Crippen LogP contribution < -0.4 is 0 Å². The molecular formula is C48H86O7. The van der Waals surface area contributed by atoms with Crippen molar-refractivity contribution in [2.75, 3.05) is 13.2 Å². The van der Waals surface area contributed by atoms with Crippen LogP contribution in [0.25, 0.3) is 0 Å². The van der Waals surface area contributed by atoms with Crippen LogP contribution in [-0.4, -0.2) is 58.8 Å². The fraction of sp³-hybridized carbons (Fsp3) is 0.792. The largest absolute Gasteiger partial charge is 0.463 e. The molecule has 0 radical (unpaired) electrons. The van der Waals surface area contributed by atoms with Crippen LogP contribution in [0.5, 0.6) is 0 Å². The lowest BCUT2D eigenvalue weighted by Gasteiger charge is -2.16. The standard InChI is InChI=1S/C48H86O7/c1-4-6-7-8-9-10-11-21-24-27-30-33-37-45(50)46(51)38-35-40-48(53)55-42-44(49)41-54-47(52)39-34-31-28-25-22-19-17-15-13-12-14-16-18-20-23-26-29-32-36-43(3)5-2/h6-7,9-10,21,24,30,33,43-46,49-51H,4-5,8,11-20,22-23,25-29,31-32,34-42H2,1-3H3/b7-6-,10-9-,24-21-,33-30-/t43?,44-,45+,46+/m1/s1. The number of carbonyl (C=O) groups is 2. The van der Waals surface area contributed by atoms with E-state index in [-0.39, 0.29) is 32.0 Å². The maximum absolute atomic E-state index is 12.0. The van der Waals surface area contributed by atoms with Crippen molar-refractivity contribution in [1.29, 1.82) is 0 Å². The highest BCUT2D eigenvalue weighted by Gasteiger charge is 2.16. The predicted octanol–water partition coefficient (Wildman–Crippen LogP) is 12.4. The number of hydrogen-bond donors (Lipinski definition) is 3. The Balaban J connectivity index is 3.59. The van der Waals surface area contributed by atoms with E-state index in [1.54, 1.807) is 0 Å². The molecule has 4 atom stereocenters. The van der Waals surface area contributed by atoms with Gasteiger partial charge in [-0.05, 0) is 57.3 Å². The Kier molecular flexibility index (Phi) is 39.7. The maximum Gasteiger partial charge on any atom is 0.305 e. The zero-order valence-electron chi connectivity index (χ0n) is 35.8. The zero-order valence-corrected chi connectivity index (χ0v) is 35.8. The smallest absolute Gasteiger partial charge is 0.305 e. The van der Waals surface area contributed by atoms with Gasteiger partial charge in [-0.25, -0.2) is 0 Å². The highest BCUT2D eigenvalue weighted by Crippen LogP contribution is 2.17. The Labute approximate surface area is 338 Å². The van der Waals surface area contributed by atoms with Crippen LogP contribution in [0, 0.1) is 5.92 Å². The topological polar surface area (TPSA) is 113 Å². The van der Waals surface area contributed by atoms with Gasteiger partial charge in [0.25, 0.3) is 0 Å². The van der Waals surface area contributed by atoms with Gasteiger partial charge in [0.05, 0.1) is 12.2 Å². The first-order chi connectivity index (χ1) is 26.8. The molecule has 0 spiro atoms. The first-order valence-corrected chi connectivity index (χ1v) is 22.7. The Morgan fingerprint density at radius 3 is 1.29 bits per heavy atom. The van der Waals surface area contributed by atoms with Crippen molar-refractivity contribution in [3.05, 3.63) is 48.6 Å². The van der Waals surface area contributed by atoms with E-state index in [4.69, 9.17) is 9.47 Å². The molecule has 0 heterocycles. The van der Waals surface area contributed by atoms with E-state index in [1.807, 2.05) is 12.2 Å². The van der Waals surface area contributed by atoms with Gasteiger partial charge in [0.15, 0.2) is 0 Å². The van der Waals surface area contributed by atoms with E-state index in [0.717, 1.165) is 50.9 Å². The minimum Gasteiger partial charge on any atom is -0.463 e. The lowest BCUT2D eigenvalue weighted by molar-refractivity contribution is -0.152. The monoisotopic (exact) mass is 775 g/mol. The van der Waals surface area contributed by atoms with Gasteiger partial charge in [0, 0.05) is 12.8 Å². The first kappa shape index (κ1) is 52.8. The second-order valence-electron chi connectivity index (χ2n) is 15.7. The molecule has 0 amide bonds. The van der Waals surface area contributed by atoms with Crippen LogP contribution in [0.3, 0.4) is 0 Å². The number of aliphatic hydroxyl groups excluding tert-OH is 3. The summed E-state index contributed by atoms with van der Waals surface area (Å²) in [6, 6.07) is 0. The van der Waals surface area contributed by atoms with Crippen molar-refractivity contribution in [2.45, 2.75) is 225 Å². The Bertz CT molecular complexity index is 971. The third-order valence-corrected chi connectivity index (χ3v) is 10.3. The van der Waals surface area contributed by atoms with E-state index in [1.165, 1.54) is 109 Å². The Hall–Kier alpha value is -2.22. The third-order valence-electron chi connectivity index (χ3n) is 10.3. The van der Waals surface area contributed by atoms with Gasteiger partial charge in [-0.15, -0.1) is 0 Å². The molecule has 320 valence electrons. The van der Waals surface area contributed by atoms with Gasteiger partial charge in [-0.1, -0.05) is 191 Å². The van der Waals surface area contributed by atoms with Crippen molar-refractivity contribution in [2.24, 2.45) is 5.92 Å². The molecule has 0 saturated heterocycles. The second-order valence-corrected chi connectivity index (χ2v) is 15.7. The van der Waals surface area contributed by atoms with Crippen LogP contribution >= 0.6 is 0 Å². The quantitative estimate of drug-likeness (QED) is 0.0323. The summed E-state index contributed by atoms with van der Waals surface area (Å²) in [7, 11) is 0. The van der Waals surface area contributed by atoms with Crippen LogP contribution in [0.1, 0.15) is 207 Å². The Morgan fingerprint density at radius 2 is 0.855 bits per heavy atom. The number of rotatable bonds is 40. The van der Waals surface area contributed by atoms with Crippen molar-refractivity contribution in [3.63, 3.8) is 0 Å². The second kappa shape index (κ2) is 41.4. The van der Waals surface area contributed by atoms with Crippen LogP contribution in [-0.2, 0) is 19.1 Å². The molecule has 0 aromatic rings. The summed E-state index contributed by atoms with van der Waals surface area (Å²) in [4.78, 5) is 24.1. The zero-order chi connectivity index (χ0) is 40.5. The molecule has 0 aromatic carbocycles. The number of hydrogen-bond acceptors (Lipinski definition) is 7. The van der Waals surface area contributed by atoms with E-state index >= 15 is 0 Å². The highest BCUT2D eigenvalue weighted by atomic mass is 16.6. The molecule has 3 N–H and O–H groups in total. The van der Waals surface area contributed by atoms with E-state index in [2.05, 4.69) is 57.2 Å². The first-order valence-electron chi connectivity index (χ1n) is 22.7. The molecule has 0 fully saturated rings. The summed E-state index contributed by atoms with van der Waals surface area (Å²) in [5.41, 5.74) is 0. The molecule has 0 saturated carbocycles. The number of unbranched alkanes of at least 4 members (excludes halogenated alkanes) is 17. The molecule has 0 rings (SSSR count). The normalized spacial score (nSPS) is 14.4. The summed E-state index contributed by atoms with van der Waals surface area (Å²) in [6.45, 7) is 6.35. The molecule has 0 aromatic heterocycles. The van der Waals surface area contributed by atoms with Gasteiger partial charge in [-0.3, -0.25) is 9.59 Å². The maximum atomic E-state index is 12.0. The van der Waals surface area contributed by atoms with E-state index in [0.29, 0.717) is 19.3 Å². The molecule has 55 heavy (non-hydrogen) atoms. The van der Waals surface area contributed by atoms with Crippen LogP contribution in [0.2, 0.25) is 0 Å². The van der Waals surface area contributed by atoms with Crippen LogP contribution in [0.15, 0.2) is 48.6 Å². The fourth-order valence-corrected chi connectivity index (χ4v) is 6.39. The summed E-state index contributed by atoms with van der Waals surface area (Å²) >= 11 is 0. The van der Waals surface area contributed by atoms with Gasteiger partial charge < -0.3 is 24.8 Å². The van der Waals surface area contributed by atoms with Gasteiger partial charge in [0.1, 0.15) is 19.3 Å². The van der Waals surface area contributed by atoms with Crippen molar-refractivity contribution in [3.8, 4) is 0 Å². The fourth-order valence-electron chi connectivity index (χ4n) is 6.39. The Morgan fingerprint density at radius 1 is 0.473 bits per heavy atom. The van der Waals surface area contributed by atoms with E-state index in [9.17, 15) is 24.9 Å². The minimum atomic E-state index is -1.07. The molecule has 0 aliphatic heterocycles. The molecular weight excluding hydrogens is 689 g/mol. The average Bonchev–Trinajstić information content (AvgIpc) is 3.18. The van der Waals surface area contributed by atoms with Gasteiger partial charge >= 0.3 is 11.9 Å². The molecule has 1 unspecified atom stereocenters. The number of carbonyl (C=O) groups excluding carboxylic acids is 2. The number of aliphatic hydroxyl groups is 3. The third kappa shape index (κ3) is 39.8. The van der Waals surface area contributed by atoms with Crippen molar-refractivity contribution in [1.82, 2.24) is 0 Å². The highest BCUT2D eigenvalue weighted by molar-refractivity contribution is 5.69. The molecule has 0 bridgehead atoms. The molecule has 7 heteroatoms. The van der Waals surface area contributed by atoms with Crippen molar-refractivity contribution >= 4 is 11.9 Å². The summed E-state index contributed by atoms with van der Waals surface area (Å²) in [5, 5.41) is 30.5. The summed E-state index contributed by atoms with van der Waals surface area (Å²) in [5.74, 6) is 0.0680. The van der Waals surface area contributed by atoms with Crippen LogP contribution in [0.4, 0.5) is 0 Å². The number of ether oxygens (including phenoxy) is 2. The summed E-state index contributed by atoms with van der Waals surface area (Å²) < 4.78 is 10.2. The average molecular weight is 775 g/mol. The lowest BCUT2D eigenvalue weighted by atomic mass is 9.99. The summed E-state index contributed by atoms with van der Waals surface area (Å²) in [6.07, 6.45) is 45.0. The lowest BCUT2D eigenvalue weighted by Crippen LogP contribution is -2.26. The SMILES string of the molecule is CC/C=C\C/C=C\C/C=C\C/C=C\C[C@H](O)[C@@H](O)CCCC(=O)OC[C@H](O)COC(=O)CCCCCCCCCCCCCCCCCCCCC(C)CC. The van der Waals surface area contributed by atoms with E-state index < -0.39 is 24.3 Å². The van der Waals surface area contributed by atoms with Gasteiger partial charge in [-0.2, -0.15) is 0 Å². The molecule has 7 nitrogen and oxygen atoms in total. The van der Waals surface area contributed by atoms with Crippen molar-refractivity contribution < 1.29 is 34.4 Å². The molecule has 0 aliphatic carbocycles.